The van der Waals surface area contributed by atoms with Crippen molar-refractivity contribution in [1.29, 1.82) is 0 Å². The van der Waals surface area contributed by atoms with Gasteiger partial charge in [0.05, 0.1) is 11.0 Å². The maximum absolute atomic E-state index is 11.9. The zero-order chi connectivity index (χ0) is 13.3. The molecule has 0 aromatic carbocycles. The number of halogens is 2. The first-order chi connectivity index (χ1) is 8.49. The topological polar surface area (TPSA) is 59.3 Å². The largest absolute Gasteiger partial charge is 0.477 e. The van der Waals surface area contributed by atoms with Crippen LogP contribution in [0.25, 0.3) is 0 Å². The van der Waals surface area contributed by atoms with Crippen LogP contribution in [0.1, 0.15) is 15.2 Å². The third-order valence-corrected chi connectivity index (χ3v) is 4.24. The van der Waals surface area contributed by atoms with Gasteiger partial charge in [0.1, 0.15) is 4.88 Å². The summed E-state index contributed by atoms with van der Waals surface area (Å²) in [6.45, 7) is 0.238. The van der Waals surface area contributed by atoms with Crippen LogP contribution in [-0.4, -0.2) is 15.6 Å². The fraction of sp³-hybridized carbons (Fsp3) is 0.0909. The summed E-state index contributed by atoms with van der Waals surface area (Å²) in [6, 6.07) is 3.37. The van der Waals surface area contributed by atoms with Crippen molar-refractivity contribution in [1.82, 2.24) is 4.57 Å². The van der Waals surface area contributed by atoms with E-state index in [0.29, 0.717) is 10.0 Å². The summed E-state index contributed by atoms with van der Waals surface area (Å²) >= 11 is 7.62. The lowest BCUT2D eigenvalue weighted by Gasteiger charge is -2.06. The lowest BCUT2D eigenvalue weighted by Crippen LogP contribution is -2.21. The Bertz CT molecular complexity index is 663. The molecule has 0 bridgehead atoms. The maximum atomic E-state index is 11.9. The minimum absolute atomic E-state index is 0.194. The second-order valence-corrected chi connectivity index (χ2v) is 6.21. The van der Waals surface area contributed by atoms with Crippen molar-refractivity contribution in [3.8, 4) is 0 Å². The lowest BCUT2D eigenvalue weighted by atomic mass is 10.2. The first kappa shape index (κ1) is 13.5. The van der Waals surface area contributed by atoms with Crippen LogP contribution in [0.4, 0.5) is 0 Å². The summed E-state index contributed by atoms with van der Waals surface area (Å²) < 4.78 is 2.65. The molecule has 2 aromatic rings. The van der Waals surface area contributed by atoms with Crippen molar-refractivity contribution in [3.05, 3.63) is 53.4 Å². The maximum Gasteiger partial charge on any atom is 0.346 e. The second-order valence-electron chi connectivity index (χ2n) is 3.52. The van der Waals surface area contributed by atoms with Crippen LogP contribution < -0.4 is 5.56 Å². The fourth-order valence-corrected chi connectivity index (χ4v) is 3.52. The molecule has 4 nitrogen and oxygen atoms in total. The molecule has 2 rings (SSSR count). The number of rotatable bonds is 3. The van der Waals surface area contributed by atoms with Crippen LogP contribution in [0.15, 0.2) is 37.4 Å². The molecule has 2 heterocycles. The number of thiophene rings is 1. The standard InChI is InChI=1S/C11H7Br2NO3S/c12-7-3-8(13)10(15)14(5-7)4-6-1-2-18-9(6)11(16)17/h1-3,5H,4H2,(H,16,17). The highest BCUT2D eigenvalue weighted by Gasteiger charge is 2.13. The molecule has 94 valence electrons. The molecular weight excluding hydrogens is 386 g/mol. The van der Waals surface area contributed by atoms with Gasteiger partial charge >= 0.3 is 5.97 Å². The summed E-state index contributed by atoms with van der Waals surface area (Å²) in [6.07, 6.45) is 1.64. The molecule has 0 unspecified atom stereocenters. The van der Waals surface area contributed by atoms with Crippen LogP contribution in [0, 0.1) is 0 Å². The minimum Gasteiger partial charge on any atom is -0.477 e. The van der Waals surface area contributed by atoms with Crippen molar-refractivity contribution >= 4 is 49.2 Å². The molecule has 0 spiro atoms. The predicted molar refractivity (Wildman–Crippen MR) is 76.5 cm³/mol. The Balaban J connectivity index is 2.43. The van der Waals surface area contributed by atoms with Gasteiger partial charge in [-0.1, -0.05) is 0 Å². The first-order valence-corrected chi connectivity index (χ1v) is 7.30. The van der Waals surface area contributed by atoms with Crippen LogP contribution in [0.3, 0.4) is 0 Å². The molecule has 2 aromatic heterocycles. The van der Waals surface area contributed by atoms with Gasteiger partial charge in [0.25, 0.3) is 5.56 Å². The van der Waals surface area contributed by atoms with Crippen molar-refractivity contribution in [3.63, 3.8) is 0 Å². The van der Waals surface area contributed by atoms with E-state index < -0.39 is 5.97 Å². The quantitative estimate of drug-likeness (QED) is 0.872. The zero-order valence-corrected chi connectivity index (χ0v) is 12.9. The second kappa shape index (κ2) is 5.38. The van der Waals surface area contributed by atoms with Gasteiger partial charge in [-0.25, -0.2) is 4.79 Å². The Labute approximate surface area is 123 Å². The summed E-state index contributed by atoms with van der Waals surface area (Å²) in [5.74, 6) is -0.970. The molecular formula is C11H7Br2NO3S. The monoisotopic (exact) mass is 391 g/mol. The molecule has 0 radical (unpaired) electrons. The van der Waals surface area contributed by atoms with E-state index in [1.165, 1.54) is 4.57 Å². The van der Waals surface area contributed by atoms with E-state index in [9.17, 15) is 9.59 Å². The molecule has 0 amide bonds. The molecule has 0 fully saturated rings. The summed E-state index contributed by atoms with van der Waals surface area (Å²) in [7, 11) is 0. The molecule has 0 aliphatic heterocycles. The predicted octanol–water partition coefficient (Wildman–Crippen LogP) is 3.18. The lowest BCUT2D eigenvalue weighted by molar-refractivity contribution is 0.0701. The Hall–Kier alpha value is -0.920. The number of aromatic nitrogens is 1. The molecule has 18 heavy (non-hydrogen) atoms. The number of carboxylic acids is 1. The van der Waals surface area contributed by atoms with Crippen LogP contribution in [-0.2, 0) is 6.54 Å². The van der Waals surface area contributed by atoms with Gasteiger partial charge < -0.3 is 9.67 Å². The van der Waals surface area contributed by atoms with Gasteiger partial charge in [-0.3, -0.25) is 4.79 Å². The first-order valence-electron chi connectivity index (χ1n) is 4.84. The van der Waals surface area contributed by atoms with E-state index in [1.807, 2.05) is 0 Å². The SMILES string of the molecule is O=C(O)c1sccc1Cn1cc(Br)cc(Br)c1=O. The van der Waals surface area contributed by atoms with E-state index in [4.69, 9.17) is 5.11 Å². The number of hydrogen-bond acceptors (Lipinski definition) is 3. The van der Waals surface area contributed by atoms with Crippen LogP contribution in [0.5, 0.6) is 0 Å². The molecule has 0 saturated carbocycles. The zero-order valence-electron chi connectivity index (χ0n) is 8.89. The minimum atomic E-state index is -0.970. The van der Waals surface area contributed by atoms with Gasteiger partial charge in [0.2, 0.25) is 0 Å². The fourth-order valence-electron chi connectivity index (χ4n) is 1.51. The third kappa shape index (κ3) is 2.73. The van der Waals surface area contributed by atoms with E-state index in [-0.39, 0.29) is 17.0 Å². The molecule has 0 saturated heterocycles. The van der Waals surface area contributed by atoms with Crippen LogP contribution >= 0.6 is 43.2 Å². The Morgan fingerprint density at radius 1 is 1.44 bits per heavy atom. The molecule has 0 atom stereocenters. The van der Waals surface area contributed by atoms with E-state index in [2.05, 4.69) is 31.9 Å². The Kier molecular flexibility index (Phi) is 4.04. The van der Waals surface area contributed by atoms with Gasteiger partial charge in [0, 0.05) is 10.7 Å². The number of aromatic carboxylic acids is 1. The number of pyridine rings is 1. The van der Waals surface area contributed by atoms with Crippen LogP contribution in [0.2, 0.25) is 0 Å². The number of hydrogen-bond donors (Lipinski definition) is 1. The van der Waals surface area contributed by atoms with E-state index in [0.717, 1.165) is 15.8 Å². The van der Waals surface area contributed by atoms with E-state index >= 15 is 0 Å². The highest BCUT2D eigenvalue weighted by Crippen LogP contribution is 2.19. The highest BCUT2D eigenvalue weighted by atomic mass is 79.9. The highest BCUT2D eigenvalue weighted by molar-refractivity contribution is 9.11. The average molecular weight is 393 g/mol. The number of carboxylic acid groups (broad SMARTS) is 1. The van der Waals surface area contributed by atoms with Gasteiger partial charge in [-0.05, 0) is 54.9 Å². The van der Waals surface area contributed by atoms with Crippen molar-refractivity contribution in [2.75, 3.05) is 0 Å². The summed E-state index contributed by atoms with van der Waals surface area (Å²) in [5.41, 5.74) is 0.431. The van der Waals surface area contributed by atoms with Crippen molar-refractivity contribution in [2.45, 2.75) is 6.54 Å². The average Bonchev–Trinajstić information content (AvgIpc) is 2.73. The van der Waals surface area contributed by atoms with Crippen molar-refractivity contribution < 1.29 is 9.90 Å². The Morgan fingerprint density at radius 2 is 2.17 bits per heavy atom. The summed E-state index contributed by atoms with van der Waals surface area (Å²) in [5, 5.41) is 10.7. The van der Waals surface area contributed by atoms with Gasteiger partial charge in [-0.15, -0.1) is 11.3 Å². The number of nitrogens with zero attached hydrogens (tertiary/aromatic N) is 1. The smallest absolute Gasteiger partial charge is 0.346 e. The molecule has 0 aliphatic rings. The molecule has 7 heteroatoms. The molecule has 0 aliphatic carbocycles. The summed E-state index contributed by atoms with van der Waals surface area (Å²) in [4.78, 5) is 23.1. The van der Waals surface area contributed by atoms with Gasteiger partial charge in [-0.2, -0.15) is 0 Å². The number of carbonyl (C=O) groups is 1. The third-order valence-electron chi connectivity index (χ3n) is 2.29. The van der Waals surface area contributed by atoms with Crippen molar-refractivity contribution in [2.24, 2.45) is 0 Å². The van der Waals surface area contributed by atoms with Gasteiger partial charge in [0.15, 0.2) is 0 Å². The van der Waals surface area contributed by atoms with E-state index in [1.54, 1.807) is 23.7 Å². The Morgan fingerprint density at radius 3 is 2.83 bits per heavy atom. The normalized spacial score (nSPS) is 10.6. The molecule has 1 N–H and O–H groups in total.